The summed E-state index contributed by atoms with van der Waals surface area (Å²) in [5.41, 5.74) is 1.76. The van der Waals surface area contributed by atoms with Gasteiger partial charge >= 0.3 is 0 Å². The van der Waals surface area contributed by atoms with E-state index in [1.807, 2.05) is 25.1 Å². The molecule has 0 aliphatic heterocycles. The molecule has 0 bridgehead atoms. The van der Waals surface area contributed by atoms with Gasteiger partial charge < -0.3 is 14.8 Å². The Kier molecular flexibility index (Phi) is 7.55. The van der Waals surface area contributed by atoms with E-state index >= 15 is 0 Å². The van der Waals surface area contributed by atoms with Gasteiger partial charge in [-0.25, -0.2) is 4.68 Å². The average molecular weight is 436 g/mol. The molecule has 154 valence electrons. The molecule has 0 unspecified atom stereocenters. The van der Waals surface area contributed by atoms with Crippen molar-refractivity contribution in [2.45, 2.75) is 40.0 Å². The molecule has 0 aliphatic rings. The molecule has 9 heteroatoms. The Balaban J connectivity index is 1.70. The molecule has 1 heterocycles. The van der Waals surface area contributed by atoms with Gasteiger partial charge in [0.1, 0.15) is 6.61 Å². The molecule has 3 aromatic rings. The highest BCUT2D eigenvalue weighted by Crippen LogP contribution is 2.32. The van der Waals surface area contributed by atoms with Crippen LogP contribution in [0.3, 0.4) is 0 Å². The van der Waals surface area contributed by atoms with Crippen LogP contribution < -0.4 is 14.8 Å². The van der Waals surface area contributed by atoms with Crippen LogP contribution in [-0.2, 0) is 19.7 Å². The highest BCUT2D eigenvalue weighted by molar-refractivity contribution is 6.35. The lowest BCUT2D eigenvalue weighted by atomic mass is 10.2. The van der Waals surface area contributed by atoms with Crippen LogP contribution in [0, 0.1) is 0 Å². The zero-order chi connectivity index (χ0) is 20.6. The van der Waals surface area contributed by atoms with Gasteiger partial charge in [0.2, 0.25) is 5.95 Å². The molecule has 0 atom stereocenters. The number of nitrogens with one attached hydrogen (secondary N) is 1. The van der Waals surface area contributed by atoms with E-state index in [9.17, 15) is 0 Å². The average Bonchev–Trinajstić information content (AvgIpc) is 3.15. The van der Waals surface area contributed by atoms with E-state index < -0.39 is 0 Å². The smallest absolute Gasteiger partial charge is 0.243 e. The molecule has 0 saturated carbocycles. The summed E-state index contributed by atoms with van der Waals surface area (Å²) < 4.78 is 13.4. The Morgan fingerprint density at radius 1 is 1.03 bits per heavy atom. The van der Waals surface area contributed by atoms with Crippen molar-refractivity contribution in [3.8, 4) is 11.5 Å². The predicted octanol–water partition coefficient (Wildman–Crippen LogP) is 4.98. The molecular weight excluding hydrogens is 413 g/mol. The monoisotopic (exact) mass is 435 g/mol. The van der Waals surface area contributed by atoms with Crippen molar-refractivity contribution in [2.24, 2.45) is 0 Å². The van der Waals surface area contributed by atoms with Crippen molar-refractivity contribution in [3.63, 3.8) is 0 Å². The summed E-state index contributed by atoms with van der Waals surface area (Å²) >= 11 is 12.5. The van der Waals surface area contributed by atoms with Gasteiger partial charge in [-0.3, -0.25) is 0 Å². The van der Waals surface area contributed by atoms with Crippen LogP contribution in [0.2, 0.25) is 10.0 Å². The number of aromatic nitrogens is 4. The van der Waals surface area contributed by atoms with Gasteiger partial charge in [0.05, 0.1) is 6.61 Å². The second kappa shape index (κ2) is 10.3. The molecule has 1 N–H and O–H groups in total. The van der Waals surface area contributed by atoms with Gasteiger partial charge in [-0.05, 0) is 53.6 Å². The Morgan fingerprint density at radius 2 is 1.83 bits per heavy atom. The van der Waals surface area contributed by atoms with Crippen LogP contribution in [0.5, 0.6) is 11.5 Å². The Labute approximate surface area is 179 Å². The summed E-state index contributed by atoms with van der Waals surface area (Å²) in [6, 6.07) is 11.2. The first-order valence-electron chi connectivity index (χ1n) is 9.43. The second-order valence-electron chi connectivity index (χ2n) is 6.28. The molecular formula is C20H23Cl2N5O2. The molecule has 0 fully saturated rings. The normalized spacial score (nSPS) is 10.8. The third kappa shape index (κ3) is 5.52. The molecule has 1 aromatic heterocycles. The minimum atomic E-state index is 0.252. The number of tetrazole rings is 1. The van der Waals surface area contributed by atoms with Crippen LogP contribution in [-0.4, -0.2) is 26.8 Å². The summed E-state index contributed by atoms with van der Waals surface area (Å²) in [6.45, 7) is 6.10. The van der Waals surface area contributed by atoms with E-state index in [-0.39, 0.29) is 6.61 Å². The molecule has 3 rings (SSSR count). The van der Waals surface area contributed by atoms with Crippen LogP contribution in [0.1, 0.15) is 31.4 Å². The summed E-state index contributed by atoms with van der Waals surface area (Å²) in [7, 11) is 0. The first-order valence-corrected chi connectivity index (χ1v) is 10.2. The second-order valence-corrected chi connectivity index (χ2v) is 7.10. The zero-order valence-corrected chi connectivity index (χ0v) is 17.9. The van der Waals surface area contributed by atoms with E-state index in [4.69, 9.17) is 32.7 Å². The number of nitrogens with zero attached hydrogens (tertiary/aromatic N) is 4. The third-order valence-corrected chi connectivity index (χ3v) is 4.87. The van der Waals surface area contributed by atoms with Crippen molar-refractivity contribution in [2.75, 3.05) is 11.9 Å². The van der Waals surface area contributed by atoms with Crippen molar-refractivity contribution in [1.29, 1.82) is 0 Å². The summed E-state index contributed by atoms with van der Waals surface area (Å²) in [6.07, 6.45) is 0.954. The van der Waals surface area contributed by atoms with E-state index in [2.05, 4.69) is 27.8 Å². The SMILES string of the molecule is CCCn1nnnc1NCc1ccc(OCc2c(Cl)cccc2Cl)c(OCC)c1. The van der Waals surface area contributed by atoms with E-state index in [1.165, 1.54) is 0 Å². The highest BCUT2D eigenvalue weighted by atomic mass is 35.5. The lowest BCUT2D eigenvalue weighted by molar-refractivity contribution is 0.269. The van der Waals surface area contributed by atoms with Crippen molar-refractivity contribution < 1.29 is 9.47 Å². The summed E-state index contributed by atoms with van der Waals surface area (Å²) in [5.74, 6) is 1.92. The molecule has 0 amide bonds. The number of anilines is 1. The predicted molar refractivity (Wildman–Crippen MR) is 114 cm³/mol. The summed E-state index contributed by atoms with van der Waals surface area (Å²) in [4.78, 5) is 0. The molecule has 0 aliphatic carbocycles. The Hall–Kier alpha value is -2.51. The maximum absolute atomic E-state index is 6.23. The fourth-order valence-corrected chi connectivity index (χ4v) is 3.25. The first kappa shape index (κ1) is 21.2. The number of aryl methyl sites for hydroxylation is 1. The zero-order valence-electron chi connectivity index (χ0n) is 16.4. The fourth-order valence-electron chi connectivity index (χ4n) is 2.74. The summed E-state index contributed by atoms with van der Waals surface area (Å²) in [5, 5.41) is 16.1. The lowest BCUT2D eigenvalue weighted by Crippen LogP contribution is -2.09. The standard InChI is InChI=1S/C20H23Cl2N5O2/c1-3-10-27-20(24-25-26-27)23-12-14-8-9-18(19(11-14)28-4-2)29-13-15-16(21)6-5-7-17(15)22/h5-9,11H,3-4,10,12-13H2,1-2H3,(H,23,24,26). The Morgan fingerprint density at radius 3 is 2.55 bits per heavy atom. The topological polar surface area (TPSA) is 74.1 Å². The maximum atomic E-state index is 6.23. The third-order valence-electron chi connectivity index (χ3n) is 4.16. The maximum Gasteiger partial charge on any atom is 0.243 e. The molecule has 0 spiro atoms. The van der Waals surface area contributed by atoms with Crippen molar-refractivity contribution >= 4 is 29.2 Å². The van der Waals surface area contributed by atoms with E-state index in [0.29, 0.717) is 40.6 Å². The van der Waals surface area contributed by atoms with Gasteiger partial charge in [0.25, 0.3) is 0 Å². The number of halogens is 2. The highest BCUT2D eigenvalue weighted by Gasteiger charge is 2.11. The number of ether oxygens (including phenoxy) is 2. The van der Waals surface area contributed by atoms with Crippen LogP contribution >= 0.6 is 23.2 Å². The molecule has 0 saturated heterocycles. The van der Waals surface area contributed by atoms with Crippen molar-refractivity contribution in [1.82, 2.24) is 20.2 Å². The number of rotatable bonds is 10. The van der Waals surface area contributed by atoms with Gasteiger partial charge in [-0.15, -0.1) is 0 Å². The Bertz CT molecular complexity index is 928. The largest absolute Gasteiger partial charge is 0.490 e. The van der Waals surface area contributed by atoms with E-state index in [1.54, 1.807) is 22.9 Å². The molecule has 2 aromatic carbocycles. The minimum Gasteiger partial charge on any atom is -0.490 e. The van der Waals surface area contributed by atoms with Gasteiger partial charge in [0, 0.05) is 28.7 Å². The van der Waals surface area contributed by atoms with Crippen LogP contribution in [0.4, 0.5) is 5.95 Å². The van der Waals surface area contributed by atoms with Gasteiger partial charge in [-0.1, -0.05) is 47.4 Å². The first-order chi connectivity index (χ1) is 14.1. The molecule has 29 heavy (non-hydrogen) atoms. The molecule has 0 radical (unpaired) electrons. The number of benzene rings is 2. The number of hydrogen-bond donors (Lipinski definition) is 1. The van der Waals surface area contributed by atoms with Crippen molar-refractivity contribution in [3.05, 3.63) is 57.6 Å². The molecule has 7 nitrogen and oxygen atoms in total. The minimum absolute atomic E-state index is 0.252. The van der Waals surface area contributed by atoms with Gasteiger partial charge in [0.15, 0.2) is 11.5 Å². The van der Waals surface area contributed by atoms with Gasteiger partial charge in [-0.2, -0.15) is 0 Å². The van der Waals surface area contributed by atoms with E-state index in [0.717, 1.165) is 24.1 Å². The van der Waals surface area contributed by atoms with Crippen LogP contribution in [0.25, 0.3) is 0 Å². The fraction of sp³-hybridized carbons (Fsp3) is 0.350. The van der Waals surface area contributed by atoms with Crippen LogP contribution in [0.15, 0.2) is 36.4 Å². The quantitative estimate of drug-likeness (QED) is 0.483. The number of hydrogen-bond acceptors (Lipinski definition) is 6. The lowest BCUT2D eigenvalue weighted by Gasteiger charge is -2.15.